The normalized spacial score (nSPS) is 21.5. The van der Waals surface area contributed by atoms with Crippen LogP contribution in [0.5, 0.6) is 0 Å². The van der Waals surface area contributed by atoms with Gasteiger partial charge in [-0.25, -0.2) is 0 Å². The summed E-state index contributed by atoms with van der Waals surface area (Å²) in [6.45, 7) is 1.71. The quantitative estimate of drug-likeness (QED) is 0.368. The lowest BCUT2D eigenvalue weighted by Gasteiger charge is -2.13. The number of hydrogen-bond acceptors (Lipinski definition) is 1. The maximum absolute atomic E-state index is 5.59. The fraction of sp³-hybridized carbons (Fsp3) is 0.400. The van der Waals surface area contributed by atoms with E-state index >= 15 is 0 Å². The Kier molecular flexibility index (Phi) is 4.34. The molecular weight excluding hydrogens is 517 g/mol. The van der Waals surface area contributed by atoms with Crippen molar-refractivity contribution in [1.29, 1.82) is 0 Å². The lowest BCUT2D eigenvalue weighted by Crippen LogP contribution is -2.02. The number of alkyl halides is 1. The van der Waals surface area contributed by atoms with E-state index in [0.29, 0.717) is 3.92 Å². The molecule has 0 aromatic heterocycles. The second-order valence-corrected chi connectivity index (χ2v) is 7.04. The van der Waals surface area contributed by atoms with E-state index in [2.05, 4.69) is 79.9 Å². The summed E-state index contributed by atoms with van der Waals surface area (Å²) < 4.78 is 8.85. The van der Waals surface area contributed by atoms with Crippen LogP contribution < -0.4 is 0 Å². The van der Waals surface area contributed by atoms with Gasteiger partial charge in [-0.05, 0) is 74.9 Å². The SMILES string of the molecule is Ic1ccc(I)c2c1CCOCC2I. The minimum atomic E-state index is 0.506. The van der Waals surface area contributed by atoms with E-state index in [4.69, 9.17) is 4.74 Å². The second kappa shape index (κ2) is 5.13. The van der Waals surface area contributed by atoms with Gasteiger partial charge in [-0.15, -0.1) is 0 Å². The van der Waals surface area contributed by atoms with Crippen LogP contribution in [0.4, 0.5) is 0 Å². The average Bonchev–Trinajstić information content (AvgIpc) is 2.35. The molecule has 1 atom stereocenters. The van der Waals surface area contributed by atoms with Gasteiger partial charge in [-0.3, -0.25) is 0 Å². The molecule has 0 saturated heterocycles. The highest BCUT2D eigenvalue weighted by Gasteiger charge is 2.20. The summed E-state index contributed by atoms with van der Waals surface area (Å²) >= 11 is 7.34. The van der Waals surface area contributed by atoms with Crippen LogP contribution in [0.2, 0.25) is 0 Å². The zero-order chi connectivity index (χ0) is 10.1. The summed E-state index contributed by atoms with van der Waals surface area (Å²) in [7, 11) is 0. The van der Waals surface area contributed by atoms with Crippen LogP contribution in [0.25, 0.3) is 0 Å². The predicted molar refractivity (Wildman–Crippen MR) is 83.2 cm³/mol. The Bertz CT molecular complexity index is 351. The molecule has 1 unspecified atom stereocenters. The molecular formula is C10H9I3O. The molecule has 0 saturated carbocycles. The summed E-state index contributed by atoms with van der Waals surface area (Å²) in [5.41, 5.74) is 2.99. The maximum Gasteiger partial charge on any atom is 0.0625 e. The number of rotatable bonds is 0. The third kappa shape index (κ3) is 2.37. The van der Waals surface area contributed by atoms with Gasteiger partial charge in [-0.2, -0.15) is 0 Å². The van der Waals surface area contributed by atoms with Crippen LogP contribution in [-0.4, -0.2) is 13.2 Å². The van der Waals surface area contributed by atoms with Crippen molar-refractivity contribution in [1.82, 2.24) is 0 Å². The fourth-order valence-electron chi connectivity index (χ4n) is 1.65. The van der Waals surface area contributed by atoms with Gasteiger partial charge in [-0.1, -0.05) is 22.6 Å². The number of fused-ring (bicyclic) bond motifs is 1. The van der Waals surface area contributed by atoms with Crippen LogP contribution >= 0.6 is 67.8 Å². The Morgan fingerprint density at radius 3 is 2.71 bits per heavy atom. The molecule has 1 heterocycles. The Labute approximate surface area is 125 Å². The largest absolute Gasteiger partial charge is 0.380 e. The van der Waals surface area contributed by atoms with Gasteiger partial charge in [0.25, 0.3) is 0 Å². The summed E-state index contributed by atoms with van der Waals surface area (Å²) in [5, 5.41) is 0. The standard InChI is InChI=1S/C10H9I3O/c11-7-1-2-8(12)10-6(7)3-4-14-5-9(10)13/h1-2,9H,3-5H2. The van der Waals surface area contributed by atoms with Gasteiger partial charge in [0.2, 0.25) is 0 Å². The Balaban J connectivity index is 2.57. The van der Waals surface area contributed by atoms with E-state index in [-0.39, 0.29) is 0 Å². The molecule has 0 spiro atoms. The molecule has 14 heavy (non-hydrogen) atoms. The zero-order valence-corrected chi connectivity index (χ0v) is 13.9. The molecule has 2 rings (SSSR count). The van der Waals surface area contributed by atoms with E-state index in [1.165, 1.54) is 18.3 Å². The number of halogens is 3. The smallest absolute Gasteiger partial charge is 0.0625 e. The van der Waals surface area contributed by atoms with Crippen molar-refractivity contribution < 1.29 is 4.74 Å². The van der Waals surface area contributed by atoms with Gasteiger partial charge in [0.05, 0.1) is 17.1 Å². The molecule has 0 fully saturated rings. The lowest BCUT2D eigenvalue weighted by atomic mass is 10.0. The van der Waals surface area contributed by atoms with Gasteiger partial charge in [0.1, 0.15) is 0 Å². The van der Waals surface area contributed by atoms with Crippen LogP contribution in [0.1, 0.15) is 15.1 Å². The molecule has 0 radical (unpaired) electrons. The third-order valence-corrected chi connectivity index (χ3v) is 5.25. The van der Waals surface area contributed by atoms with Crippen molar-refractivity contribution >= 4 is 67.8 Å². The first-order chi connectivity index (χ1) is 6.70. The molecule has 4 heteroatoms. The van der Waals surface area contributed by atoms with Crippen molar-refractivity contribution in [2.45, 2.75) is 10.3 Å². The first-order valence-electron chi connectivity index (χ1n) is 4.38. The number of ether oxygens (including phenoxy) is 1. The summed E-state index contributed by atoms with van der Waals surface area (Å²) in [6.07, 6.45) is 1.06. The molecule has 1 aromatic carbocycles. The summed E-state index contributed by atoms with van der Waals surface area (Å²) in [4.78, 5) is 0. The Morgan fingerprint density at radius 1 is 1.21 bits per heavy atom. The van der Waals surface area contributed by atoms with Crippen LogP contribution in [0.3, 0.4) is 0 Å². The maximum atomic E-state index is 5.59. The van der Waals surface area contributed by atoms with Crippen LogP contribution in [0, 0.1) is 7.14 Å². The molecule has 0 aliphatic carbocycles. The molecule has 0 amide bonds. The molecule has 1 aliphatic heterocycles. The summed E-state index contributed by atoms with van der Waals surface area (Å²) in [5.74, 6) is 0. The van der Waals surface area contributed by atoms with E-state index in [9.17, 15) is 0 Å². The van der Waals surface area contributed by atoms with E-state index in [1.807, 2.05) is 0 Å². The monoisotopic (exact) mass is 526 g/mol. The minimum Gasteiger partial charge on any atom is -0.380 e. The van der Waals surface area contributed by atoms with Gasteiger partial charge in [0, 0.05) is 7.14 Å². The average molecular weight is 526 g/mol. The first kappa shape index (κ1) is 11.8. The fourth-order valence-corrected chi connectivity index (χ4v) is 4.83. The van der Waals surface area contributed by atoms with Crippen molar-refractivity contribution in [3.8, 4) is 0 Å². The van der Waals surface area contributed by atoms with Crippen LogP contribution in [-0.2, 0) is 11.2 Å². The molecule has 0 N–H and O–H groups in total. The van der Waals surface area contributed by atoms with E-state index in [1.54, 1.807) is 0 Å². The number of hydrogen-bond donors (Lipinski definition) is 0. The molecule has 1 aromatic rings. The van der Waals surface area contributed by atoms with Crippen molar-refractivity contribution in [3.63, 3.8) is 0 Å². The molecule has 1 nitrogen and oxygen atoms in total. The van der Waals surface area contributed by atoms with Crippen molar-refractivity contribution in [2.75, 3.05) is 13.2 Å². The number of benzene rings is 1. The Morgan fingerprint density at radius 2 is 1.93 bits per heavy atom. The third-order valence-electron chi connectivity index (χ3n) is 2.32. The molecule has 1 aliphatic rings. The van der Waals surface area contributed by atoms with Crippen molar-refractivity contribution in [3.05, 3.63) is 30.4 Å². The minimum absolute atomic E-state index is 0.506. The van der Waals surface area contributed by atoms with E-state index < -0.39 is 0 Å². The second-order valence-electron chi connectivity index (χ2n) is 3.21. The highest BCUT2D eigenvalue weighted by Crippen LogP contribution is 2.35. The lowest BCUT2D eigenvalue weighted by molar-refractivity contribution is 0.147. The van der Waals surface area contributed by atoms with E-state index in [0.717, 1.165) is 19.6 Å². The summed E-state index contributed by atoms with van der Waals surface area (Å²) in [6, 6.07) is 4.41. The highest BCUT2D eigenvalue weighted by molar-refractivity contribution is 14.1. The van der Waals surface area contributed by atoms with Crippen molar-refractivity contribution in [2.24, 2.45) is 0 Å². The topological polar surface area (TPSA) is 9.23 Å². The van der Waals surface area contributed by atoms with Gasteiger partial charge < -0.3 is 4.74 Å². The van der Waals surface area contributed by atoms with Gasteiger partial charge >= 0.3 is 0 Å². The van der Waals surface area contributed by atoms with Gasteiger partial charge in [0.15, 0.2) is 0 Å². The van der Waals surface area contributed by atoms with Crippen LogP contribution in [0.15, 0.2) is 12.1 Å². The Hall–Kier alpha value is 1.37. The zero-order valence-electron chi connectivity index (χ0n) is 7.40. The predicted octanol–water partition coefficient (Wildman–Crippen LogP) is 3.94. The first-order valence-corrected chi connectivity index (χ1v) is 7.79. The molecule has 0 bridgehead atoms. The highest BCUT2D eigenvalue weighted by atomic mass is 127. The molecule has 76 valence electrons.